The maximum Gasteiger partial charge on any atom is 0.277 e. The first-order valence-electron chi connectivity index (χ1n) is 7.38. The van der Waals surface area contributed by atoms with Crippen LogP contribution in [0, 0.1) is 24.3 Å². The van der Waals surface area contributed by atoms with Crippen molar-refractivity contribution in [1.29, 1.82) is 0 Å². The molecule has 0 aliphatic carbocycles. The Morgan fingerprint density at radius 1 is 1.21 bits per heavy atom. The highest BCUT2D eigenvalue weighted by Gasteiger charge is 2.05. The van der Waals surface area contributed by atoms with Gasteiger partial charge in [0.1, 0.15) is 11.5 Å². The quantitative estimate of drug-likeness (QED) is 0.427. The standard InChI is InChI=1S/C18H19IN2O3/c1-11-4-5-16(7-12(11)2)24-10-17(22)21-20-9-14-8-15(19)6-13(3)18(14)23/h4-9,23H,10H2,1-3H3,(H,21,22)/b20-9+. The molecule has 0 unspecified atom stereocenters. The monoisotopic (exact) mass is 438 g/mol. The molecule has 2 N–H and O–H groups in total. The van der Waals surface area contributed by atoms with E-state index in [1.165, 1.54) is 11.8 Å². The SMILES string of the molecule is Cc1ccc(OCC(=O)N/N=C/c2cc(I)cc(C)c2O)cc1C. The van der Waals surface area contributed by atoms with E-state index in [2.05, 4.69) is 33.1 Å². The first kappa shape index (κ1) is 18.3. The van der Waals surface area contributed by atoms with Crippen molar-refractivity contribution in [3.63, 3.8) is 0 Å². The maximum absolute atomic E-state index is 11.8. The molecule has 1 amide bonds. The van der Waals surface area contributed by atoms with Crippen LogP contribution in [0.25, 0.3) is 0 Å². The molecule has 0 spiro atoms. The average Bonchev–Trinajstić information content (AvgIpc) is 2.53. The van der Waals surface area contributed by atoms with Crippen LogP contribution in [0.15, 0.2) is 35.4 Å². The maximum atomic E-state index is 11.8. The predicted molar refractivity (Wildman–Crippen MR) is 103 cm³/mol. The van der Waals surface area contributed by atoms with Gasteiger partial charge in [0.05, 0.1) is 6.21 Å². The van der Waals surface area contributed by atoms with Crippen LogP contribution < -0.4 is 10.2 Å². The lowest BCUT2D eigenvalue weighted by atomic mass is 10.1. The number of rotatable bonds is 5. The third-order valence-corrected chi connectivity index (χ3v) is 4.16. The third-order valence-electron chi connectivity index (χ3n) is 3.54. The van der Waals surface area contributed by atoms with Crippen molar-refractivity contribution in [2.75, 3.05) is 6.61 Å². The molecule has 24 heavy (non-hydrogen) atoms. The normalized spacial score (nSPS) is 10.8. The van der Waals surface area contributed by atoms with Gasteiger partial charge in [-0.15, -0.1) is 0 Å². The molecule has 5 nitrogen and oxygen atoms in total. The topological polar surface area (TPSA) is 70.9 Å². The number of nitrogens with zero attached hydrogens (tertiary/aromatic N) is 1. The number of nitrogens with one attached hydrogen (secondary N) is 1. The highest BCUT2D eigenvalue weighted by atomic mass is 127. The summed E-state index contributed by atoms with van der Waals surface area (Å²) in [5, 5.41) is 13.8. The van der Waals surface area contributed by atoms with Crippen molar-refractivity contribution in [2.24, 2.45) is 5.10 Å². The number of hydrazone groups is 1. The Labute approximate surface area is 154 Å². The number of amides is 1. The number of aryl methyl sites for hydroxylation is 3. The summed E-state index contributed by atoms with van der Waals surface area (Å²) in [5.41, 5.74) is 5.97. The fourth-order valence-electron chi connectivity index (χ4n) is 2.02. The van der Waals surface area contributed by atoms with Crippen LogP contribution in [0.2, 0.25) is 0 Å². The number of aromatic hydroxyl groups is 1. The van der Waals surface area contributed by atoms with E-state index in [1.807, 2.05) is 45.0 Å². The first-order chi connectivity index (χ1) is 11.4. The molecule has 0 atom stereocenters. The molecule has 6 heteroatoms. The molecule has 0 aromatic heterocycles. The van der Waals surface area contributed by atoms with Crippen LogP contribution in [-0.2, 0) is 4.79 Å². The molecule has 0 aliphatic rings. The summed E-state index contributed by atoms with van der Waals surface area (Å²) in [6, 6.07) is 9.31. The van der Waals surface area contributed by atoms with Gasteiger partial charge >= 0.3 is 0 Å². The Morgan fingerprint density at radius 3 is 2.67 bits per heavy atom. The number of carbonyl (C=O) groups is 1. The van der Waals surface area contributed by atoms with Crippen LogP contribution in [0.5, 0.6) is 11.5 Å². The van der Waals surface area contributed by atoms with Crippen LogP contribution in [0.3, 0.4) is 0 Å². The van der Waals surface area contributed by atoms with Crippen LogP contribution in [0.1, 0.15) is 22.3 Å². The molecule has 0 saturated carbocycles. The molecular weight excluding hydrogens is 419 g/mol. The van der Waals surface area contributed by atoms with Crippen molar-refractivity contribution < 1.29 is 14.6 Å². The van der Waals surface area contributed by atoms with Crippen LogP contribution in [-0.4, -0.2) is 23.8 Å². The number of phenolic OH excluding ortho intramolecular Hbond substituents is 1. The van der Waals surface area contributed by atoms with E-state index in [4.69, 9.17) is 4.74 Å². The van der Waals surface area contributed by atoms with Crippen molar-refractivity contribution in [1.82, 2.24) is 5.43 Å². The molecule has 126 valence electrons. The number of benzene rings is 2. The zero-order valence-corrected chi connectivity index (χ0v) is 15.9. The first-order valence-corrected chi connectivity index (χ1v) is 8.46. The van der Waals surface area contributed by atoms with Crippen molar-refractivity contribution in [3.8, 4) is 11.5 Å². The fourth-order valence-corrected chi connectivity index (χ4v) is 2.82. The minimum atomic E-state index is -0.369. The molecule has 2 aromatic carbocycles. The zero-order chi connectivity index (χ0) is 17.7. The Hall–Kier alpha value is -2.09. The van der Waals surface area contributed by atoms with E-state index >= 15 is 0 Å². The van der Waals surface area contributed by atoms with E-state index in [0.29, 0.717) is 11.3 Å². The third kappa shape index (κ3) is 4.95. The Morgan fingerprint density at radius 2 is 1.96 bits per heavy atom. The highest BCUT2D eigenvalue weighted by Crippen LogP contribution is 2.23. The molecular formula is C18H19IN2O3. The molecule has 0 radical (unpaired) electrons. The average molecular weight is 438 g/mol. The van der Waals surface area contributed by atoms with Gasteiger partial charge in [0.2, 0.25) is 0 Å². The lowest BCUT2D eigenvalue weighted by Gasteiger charge is -2.07. The summed E-state index contributed by atoms with van der Waals surface area (Å²) in [6.45, 7) is 5.69. The van der Waals surface area contributed by atoms with E-state index in [1.54, 1.807) is 6.07 Å². The van der Waals surface area contributed by atoms with Crippen molar-refractivity contribution in [3.05, 3.63) is 56.2 Å². The zero-order valence-electron chi connectivity index (χ0n) is 13.8. The number of phenols is 1. The smallest absolute Gasteiger partial charge is 0.277 e. The molecule has 0 saturated heterocycles. The Kier molecular flexibility index (Phi) is 6.19. The van der Waals surface area contributed by atoms with Gasteiger partial charge in [-0.3, -0.25) is 4.79 Å². The predicted octanol–water partition coefficient (Wildman–Crippen LogP) is 3.45. The molecule has 2 rings (SSSR count). The molecule has 0 bridgehead atoms. The minimum Gasteiger partial charge on any atom is -0.507 e. The second-order valence-electron chi connectivity index (χ2n) is 5.49. The largest absolute Gasteiger partial charge is 0.507 e. The van der Waals surface area contributed by atoms with Crippen LogP contribution >= 0.6 is 22.6 Å². The Bertz CT molecular complexity index is 788. The second kappa shape index (κ2) is 8.14. The van der Waals surface area contributed by atoms with E-state index in [9.17, 15) is 9.90 Å². The van der Waals surface area contributed by atoms with E-state index in [-0.39, 0.29) is 18.3 Å². The summed E-state index contributed by atoms with van der Waals surface area (Å²) in [6.07, 6.45) is 1.42. The van der Waals surface area contributed by atoms with E-state index in [0.717, 1.165) is 14.7 Å². The van der Waals surface area contributed by atoms with E-state index < -0.39 is 0 Å². The van der Waals surface area contributed by atoms with Crippen LogP contribution in [0.4, 0.5) is 0 Å². The van der Waals surface area contributed by atoms with Gasteiger partial charge < -0.3 is 9.84 Å². The fraction of sp³-hybridized carbons (Fsp3) is 0.222. The summed E-state index contributed by atoms with van der Waals surface area (Å²) in [7, 11) is 0. The van der Waals surface area contributed by atoms with Gasteiger partial charge in [0.15, 0.2) is 6.61 Å². The number of hydrogen-bond donors (Lipinski definition) is 2. The van der Waals surface area contributed by atoms with Gasteiger partial charge in [-0.25, -0.2) is 5.43 Å². The molecule has 0 fully saturated rings. The van der Waals surface area contributed by atoms with Gasteiger partial charge in [0, 0.05) is 9.13 Å². The number of hydrogen-bond acceptors (Lipinski definition) is 4. The summed E-state index contributed by atoms with van der Waals surface area (Å²) < 4.78 is 6.41. The summed E-state index contributed by atoms with van der Waals surface area (Å²) >= 11 is 2.16. The lowest BCUT2D eigenvalue weighted by Crippen LogP contribution is -2.24. The summed E-state index contributed by atoms with van der Waals surface area (Å²) in [5.74, 6) is 0.425. The van der Waals surface area contributed by atoms with Crippen molar-refractivity contribution in [2.45, 2.75) is 20.8 Å². The molecule has 2 aromatic rings. The summed E-state index contributed by atoms with van der Waals surface area (Å²) in [4.78, 5) is 11.8. The Balaban J connectivity index is 1.90. The molecule has 0 heterocycles. The molecule has 0 aliphatic heterocycles. The number of ether oxygens (including phenoxy) is 1. The highest BCUT2D eigenvalue weighted by molar-refractivity contribution is 14.1. The van der Waals surface area contributed by atoms with Gasteiger partial charge in [0.25, 0.3) is 5.91 Å². The van der Waals surface area contributed by atoms with Gasteiger partial charge in [-0.05, 0) is 84.3 Å². The van der Waals surface area contributed by atoms with Gasteiger partial charge in [-0.1, -0.05) is 6.07 Å². The minimum absolute atomic E-state index is 0.128. The van der Waals surface area contributed by atoms with Crippen molar-refractivity contribution >= 4 is 34.7 Å². The number of halogens is 1. The second-order valence-corrected chi connectivity index (χ2v) is 6.73. The van der Waals surface area contributed by atoms with Gasteiger partial charge in [-0.2, -0.15) is 5.10 Å². The lowest BCUT2D eigenvalue weighted by molar-refractivity contribution is -0.123. The number of carbonyl (C=O) groups excluding carboxylic acids is 1.